The van der Waals surface area contributed by atoms with Crippen molar-refractivity contribution in [1.82, 2.24) is 4.57 Å². The Hall–Kier alpha value is -5.60. The molecule has 1 aliphatic rings. The van der Waals surface area contributed by atoms with Crippen LogP contribution in [0.15, 0.2) is 144 Å². The number of nitrogens with zero attached hydrogens (tertiary/aromatic N) is 1. The lowest BCUT2D eigenvalue weighted by atomic mass is 9.97. The number of fused-ring (bicyclic) bond motifs is 9. The Morgan fingerprint density at radius 3 is 2.00 bits per heavy atom. The van der Waals surface area contributed by atoms with E-state index in [2.05, 4.69) is 132 Å². The molecule has 7 aromatic carbocycles. The van der Waals surface area contributed by atoms with Crippen LogP contribution < -0.4 is 0 Å². The standard InChI is InChI=1S/C40H23NO/c1-3-13-36-29(9-1)34-23-39-35(30-10-2-4-14-38(30)42-39)22-37(34)41(36)27-18-15-24(16-19-27)26-17-20-28-31-11-5-7-25-8-6-12-32(40(25)31)33(28)21-26/h1-23H. The summed E-state index contributed by atoms with van der Waals surface area (Å²) in [6.07, 6.45) is 0. The van der Waals surface area contributed by atoms with E-state index in [0.29, 0.717) is 0 Å². The lowest BCUT2D eigenvalue weighted by Gasteiger charge is -2.11. The monoisotopic (exact) mass is 533 g/mol. The molecule has 0 radical (unpaired) electrons. The van der Waals surface area contributed by atoms with Gasteiger partial charge < -0.3 is 8.98 Å². The second kappa shape index (κ2) is 7.99. The first-order valence-electron chi connectivity index (χ1n) is 14.4. The van der Waals surface area contributed by atoms with Crippen molar-refractivity contribution >= 4 is 54.5 Å². The maximum atomic E-state index is 6.25. The summed E-state index contributed by atoms with van der Waals surface area (Å²) in [6.45, 7) is 0. The summed E-state index contributed by atoms with van der Waals surface area (Å²) in [6, 6.07) is 50.6. The smallest absolute Gasteiger partial charge is 0.136 e. The second-order valence-corrected chi connectivity index (χ2v) is 11.3. The highest BCUT2D eigenvalue weighted by atomic mass is 16.3. The minimum Gasteiger partial charge on any atom is -0.456 e. The zero-order valence-electron chi connectivity index (χ0n) is 22.6. The van der Waals surface area contributed by atoms with Crippen LogP contribution in [0.5, 0.6) is 0 Å². The highest BCUT2D eigenvalue weighted by Crippen LogP contribution is 2.48. The fourth-order valence-electron chi connectivity index (χ4n) is 7.24. The first kappa shape index (κ1) is 22.1. The van der Waals surface area contributed by atoms with Crippen molar-refractivity contribution in [1.29, 1.82) is 0 Å². The number of hydrogen-bond acceptors (Lipinski definition) is 1. The van der Waals surface area contributed by atoms with Crippen molar-refractivity contribution in [3.8, 4) is 39.1 Å². The van der Waals surface area contributed by atoms with Gasteiger partial charge in [-0.25, -0.2) is 0 Å². The van der Waals surface area contributed by atoms with Crippen LogP contribution in [-0.4, -0.2) is 4.57 Å². The molecule has 10 rings (SSSR count). The highest BCUT2D eigenvalue weighted by Gasteiger charge is 2.21. The maximum absolute atomic E-state index is 6.25. The molecule has 0 atom stereocenters. The second-order valence-electron chi connectivity index (χ2n) is 11.3. The van der Waals surface area contributed by atoms with Crippen molar-refractivity contribution in [2.45, 2.75) is 0 Å². The van der Waals surface area contributed by atoms with Crippen LogP contribution in [0.25, 0.3) is 93.6 Å². The van der Waals surface area contributed by atoms with Crippen LogP contribution in [0.2, 0.25) is 0 Å². The van der Waals surface area contributed by atoms with Crippen LogP contribution in [0.3, 0.4) is 0 Å². The molecule has 9 aromatic rings. The molecule has 0 unspecified atom stereocenters. The SMILES string of the molecule is c1cc2c3c(cccc3c1)-c1cc(-c3ccc(-n4c5ccccc5c5cc6oc7ccccc7c6cc54)cc3)ccc1-2. The molecule has 0 saturated heterocycles. The largest absolute Gasteiger partial charge is 0.456 e. The van der Waals surface area contributed by atoms with Gasteiger partial charge in [0.15, 0.2) is 0 Å². The van der Waals surface area contributed by atoms with E-state index in [-0.39, 0.29) is 0 Å². The molecule has 0 saturated carbocycles. The van der Waals surface area contributed by atoms with E-state index in [0.717, 1.165) is 27.6 Å². The van der Waals surface area contributed by atoms with Gasteiger partial charge in [-0.3, -0.25) is 0 Å². The number of para-hydroxylation sites is 2. The minimum absolute atomic E-state index is 0.925. The molecule has 0 N–H and O–H groups in total. The van der Waals surface area contributed by atoms with Crippen molar-refractivity contribution < 1.29 is 4.42 Å². The van der Waals surface area contributed by atoms with Gasteiger partial charge in [0.05, 0.1) is 11.0 Å². The molecule has 1 aliphatic carbocycles. The fourth-order valence-corrected chi connectivity index (χ4v) is 7.24. The van der Waals surface area contributed by atoms with Crippen molar-refractivity contribution in [3.05, 3.63) is 140 Å². The van der Waals surface area contributed by atoms with Crippen LogP contribution in [0.4, 0.5) is 0 Å². The van der Waals surface area contributed by atoms with Crippen LogP contribution in [0.1, 0.15) is 0 Å². The molecular formula is C40H23NO. The molecule has 2 aromatic heterocycles. The predicted octanol–water partition coefficient (Wildman–Crippen LogP) is 11.2. The van der Waals surface area contributed by atoms with Crippen LogP contribution in [0, 0.1) is 0 Å². The molecule has 42 heavy (non-hydrogen) atoms. The molecule has 0 amide bonds. The van der Waals surface area contributed by atoms with E-state index >= 15 is 0 Å². The molecule has 0 bridgehead atoms. The van der Waals surface area contributed by atoms with Crippen molar-refractivity contribution in [2.75, 3.05) is 0 Å². The van der Waals surface area contributed by atoms with Crippen LogP contribution >= 0.6 is 0 Å². The third-order valence-electron chi connectivity index (χ3n) is 9.13. The third-order valence-corrected chi connectivity index (χ3v) is 9.13. The lowest BCUT2D eigenvalue weighted by molar-refractivity contribution is 0.669. The zero-order valence-corrected chi connectivity index (χ0v) is 22.6. The maximum Gasteiger partial charge on any atom is 0.136 e. The quantitative estimate of drug-likeness (QED) is 0.216. The Morgan fingerprint density at radius 2 is 1.14 bits per heavy atom. The summed E-state index contributed by atoms with van der Waals surface area (Å²) in [7, 11) is 0. The van der Waals surface area contributed by atoms with Gasteiger partial charge in [-0.15, -0.1) is 0 Å². The Balaban J connectivity index is 1.14. The van der Waals surface area contributed by atoms with Crippen molar-refractivity contribution in [3.63, 3.8) is 0 Å². The van der Waals surface area contributed by atoms with Crippen molar-refractivity contribution in [2.24, 2.45) is 0 Å². The van der Waals surface area contributed by atoms with E-state index in [1.807, 2.05) is 12.1 Å². The summed E-state index contributed by atoms with van der Waals surface area (Å²) >= 11 is 0. The van der Waals surface area contributed by atoms with E-state index in [1.54, 1.807) is 0 Å². The Bertz CT molecular complexity index is 2560. The van der Waals surface area contributed by atoms with E-state index in [1.165, 1.54) is 66.0 Å². The fraction of sp³-hybridized carbons (Fsp3) is 0. The van der Waals surface area contributed by atoms with Gasteiger partial charge in [0.2, 0.25) is 0 Å². The van der Waals surface area contributed by atoms with Gasteiger partial charge in [0.25, 0.3) is 0 Å². The number of benzene rings is 7. The molecule has 2 heterocycles. The zero-order chi connectivity index (χ0) is 27.4. The molecule has 0 aliphatic heterocycles. The normalized spacial score (nSPS) is 12.3. The summed E-state index contributed by atoms with van der Waals surface area (Å²) in [5.41, 5.74) is 13.2. The average molecular weight is 534 g/mol. The number of furan rings is 1. The van der Waals surface area contributed by atoms with Gasteiger partial charge in [0, 0.05) is 27.2 Å². The van der Waals surface area contributed by atoms with Gasteiger partial charge >= 0.3 is 0 Å². The van der Waals surface area contributed by atoms with Gasteiger partial charge in [-0.05, 0) is 86.6 Å². The van der Waals surface area contributed by atoms with E-state index < -0.39 is 0 Å². The molecular weight excluding hydrogens is 510 g/mol. The summed E-state index contributed by atoms with van der Waals surface area (Å²) in [4.78, 5) is 0. The first-order chi connectivity index (χ1) is 20.8. The summed E-state index contributed by atoms with van der Waals surface area (Å²) in [5, 5.41) is 7.40. The summed E-state index contributed by atoms with van der Waals surface area (Å²) < 4.78 is 8.63. The van der Waals surface area contributed by atoms with E-state index in [9.17, 15) is 0 Å². The Labute approximate surface area is 241 Å². The number of rotatable bonds is 2. The highest BCUT2D eigenvalue weighted by molar-refractivity contribution is 6.17. The van der Waals surface area contributed by atoms with E-state index in [4.69, 9.17) is 4.42 Å². The lowest BCUT2D eigenvalue weighted by Crippen LogP contribution is -1.93. The Kier molecular flexibility index (Phi) is 4.21. The Morgan fingerprint density at radius 1 is 0.405 bits per heavy atom. The molecule has 0 fully saturated rings. The summed E-state index contributed by atoms with van der Waals surface area (Å²) in [5.74, 6) is 0. The topological polar surface area (TPSA) is 18.1 Å². The first-order valence-corrected chi connectivity index (χ1v) is 14.4. The van der Waals surface area contributed by atoms with Gasteiger partial charge in [-0.1, -0.05) is 97.1 Å². The van der Waals surface area contributed by atoms with Gasteiger partial charge in [-0.2, -0.15) is 0 Å². The van der Waals surface area contributed by atoms with Gasteiger partial charge in [0.1, 0.15) is 11.2 Å². The molecule has 194 valence electrons. The predicted molar refractivity (Wildman–Crippen MR) is 175 cm³/mol. The third kappa shape index (κ3) is 2.88. The molecule has 0 spiro atoms. The number of aromatic nitrogens is 1. The van der Waals surface area contributed by atoms with Crippen LogP contribution in [-0.2, 0) is 0 Å². The average Bonchev–Trinajstić information content (AvgIpc) is 3.69. The molecule has 2 nitrogen and oxygen atoms in total. The minimum atomic E-state index is 0.925. The number of hydrogen-bond donors (Lipinski definition) is 0. The molecule has 2 heteroatoms.